The summed E-state index contributed by atoms with van der Waals surface area (Å²) in [5, 5.41) is 11.7. The molecule has 7 nitrogen and oxygen atoms in total. The van der Waals surface area contributed by atoms with Gasteiger partial charge in [-0.05, 0) is 51.5 Å². The van der Waals surface area contributed by atoms with Crippen LogP contribution in [0, 0.1) is 5.92 Å². The van der Waals surface area contributed by atoms with Gasteiger partial charge in [0.25, 0.3) is 5.91 Å². The molecule has 0 aliphatic rings. The molecule has 0 aliphatic heterocycles. The number of carboxylic acid groups (broad SMARTS) is 1. The molecule has 0 saturated carbocycles. The Morgan fingerprint density at radius 3 is 2.16 bits per heavy atom. The van der Waals surface area contributed by atoms with Gasteiger partial charge in [0.05, 0.1) is 10.8 Å². The van der Waals surface area contributed by atoms with Gasteiger partial charge >= 0.3 is 5.97 Å². The quantitative estimate of drug-likeness (QED) is 0.648. The van der Waals surface area contributed by atoms with Gasteiger partial charge < -0.3 is 10.4 Å². The van der Waals surface area contributed by atoms with Gasteiger partial charge in [-0.15, -0.1) is 0 Å². The number of carboxylic acids is 1. The van der Waals surface area contributed by atoms with Crippen LogP contribution in [0.3, 0.4) is 0 Å². The smallest absolute Gasteiger partial charge is 0.308 e. The summed E-state index contributed by atoms with van der Waals surface area (Å²) in [4.78, 5) is 23.2. The van der Waals surface area contributed by atoms with Crippen molar-refractivity contribution in [2.45, 2.75) is 51.0 Å². The van der Waals surface area contributed by atoms with E-state index in [1.807, 2.05) is 6.92 Å². The lowest BCUT2D eigenvalue weighted by Gasteiger charge is -2.20. The summed E-state index contributed by atoms with van der Waals surface area (Å²) in [5.41, 5.74) is -0.338. The van der Waals surface area contributed by atoms with E-state index in [1.54, 1.807) is 20.8 Å². The molecule has 1 unspecified atom stereocenters. The Labute approximate surface area is 148 Å². The minimum atomic E-state index is -3.66. The second kappa shape index (κ2) is 8.44. The highest BCUT2D eigenvalue weighted by atomic mass is 32.2. The van der Waals surface area contributed by atoms with Crippen LogP contribution in [0.25, 0.3) is 0 Å². The van der Waals surface area contributed by atoms with Crippen LogP contribution in [-0.2, 0) is 14.8 Å². The number of amides is 1. The number of sulfonamides is 1. The molecule has 0 aliphatic carbocycles. The standard InChI is InChI=1S/C17H26N2O5S/c1-5-6-13(16(21)22)11-18-15(20)12-7-9-14(10-8-12)25(23,24)19-17(2,3)4/h7-10,13,19H,5-6,11H2,1-4H3,(H,18,20)(H,21,22). The van der Waals surface area contributed by atoms with Crippen molar-refractivity contribution in [3.63, 3.8) is 0 Å². The van der Waals surface area contributed by atoms with E-state index in [4.69, 9.17) is 5.11 Å². The van der Waals surface area contributed by atoms with Crippen LogP contribution in [-0.4, -0.2) is 37.5 Å². The monoisotopic (exact) mass is 370 g/mol. The third kappa shape index (κ3) is 6.83. The van der Waals surface area contributed by atoms with Crippen LogP contribution in [0.5, 0.6) is 0 Å². The second-order valence-corrected chi connectivity index (χ2v) is 8.60. The first-order chi connectivity index (χ1) is 11.5. The van der Waals surface area contributed by atoms with Gasteiger partial charge in [0, 0.05) is 17.6 Å². The van der Waals surface area contributed by atoms with E-state index in [-0.39, 0.29) is 17.0 Å². The van der Waals surface area contributed by atoms with Crippen molar-refractivity contribution in [2.75, 3.05) is 6.54 Å². The first kappa shape index (κ1) is 21.1. The van der Waals surface area contributed by atoms with Crippen molar-refractivity contribution in [1.82, 2.24) is 10.0 Å². The third-order valence-electron chi connectivity index (χ3n) is 3.36. The number of carbonyl (C=O) groups is 2. The maximum Gasteiger partial charge on any atom is 0.308 e. The van der Waals surface area contributed by atoms with Crippen molar-refractivity contribution in [3.8, 4) is 0 Å². The lowest BCUT2D eigenvalue weighted by Crippen LogP contribution is -2.40. The minimum Gasteiger partial charge on any atom is -0.481 e. The lowest BCUT2D eigenvalue weighted by atomic mass is 10.0. The average molecular weight is 370 g/mol. The van der Waals surface area contributed by atoms with Gasteiger partial charge in [0.2, 0.25) is 10.0 Å². The molecule has 1 aromatic rings. The van der Waals surface area contributed by atoms with Crippen LogP contribution in [0.1, 0.15) is 50.9 Å². The fourth-order valence-electron chi connectivity index (χ4n) is 2.23. The van der Waals surface area contributed by atoms with Crippen LogP contribution in [0.2, 0.25) is 0 Å². The average Bonchev–Trinajstić information content (AvgIpc) is 2.48. The summed E-state index contributed by atoms with van der Waals surface area (Å²) in [6, 6.07) is 5.51. The molecule has 0 bridgehead atoms. The number of rotatable bonds is 8. The van der Waals surface area contributed by atoms with E-state index in [2.05, 4.69) is 10.0 Å². The number of hydrogen-bond donors (Lipinski definition) is 3. The summed E-state index contributed by atoms with van der Waals surface area (Å²) < 4.78 is 27.0. The minimum absolute atomic E-state index is 0.0354. The molecular formula is C17H26N2O5S. The predicted molar refractivity (Wildman–Crippen MR) is 94.9 cm³/mol. The van der Waals surface area contributed by atoms with E-state index in [1.165, 1.54) is 24.3 Å². The van der Waals surface area contributed by atoms with E-state index in [9.17, 15) is 18.0 Å². The van der Waals surface area contributed by atoms with E-state index >= 15 is 0 Å². The Morgan fingerprint density at radius 1 is 1.16 bits per heavy atom. The highest BCUT2D eigenvalue weighted by Crippen LogP contribution is 2.14. The van der Waals surface area contributed by atoms with Gasteiger partial charge in [-0.3, -0.25) is 9.59 Å². The van der Waals surface area contributed by atoms with Crippen molar-refractivity contribution in [3.05, 3.63) is 29.8 Å². The van der Waals surface area contributed by atoms with E-state index in [0.29, 0.717) is 12.8 Å². The van der Waals surface area contributed by atoms with Gasteiger partial charge in [-0.1, -0.05) is 13.3 Å². The molecule has 0 radical (unpaired) electrons. The molecular weight excluding hydrogens is 344 g/mol. The molecule has 3 N–H and O–H groups in total. The van der Waals surface area contributed by atoms with Crippen LogP contribution >= 0.6 is 0 Å². The van der Waals surface area contributed by atoms with Crippen molar-refractivity contribution in [2.24, 2.45) is 5.92 Å². The van der Waals surface area contributed by atoms with Gasteiger partial charge in [0.1, 0.15) is 0 Å². The first-order valence-corrected chi connectivity index (χ1v) is 9.59. The maximum absolute atomic E-state index is 12.2. The predicted octanol–water partition coefficient (Wildman–Crippen LogP) is 1.99. The molecule has 1 amide bonds. The first-order valence-electron chi connectivity index (χ1n) is 8.11. The highest BCUT2D eigenvalue weighted by molar-refractivity contribution is 7.89. The zero-order valence-electron chi connectivity index (χ0n) is 15.0. The van der Waals surface area contributed by atoms with Crippen molar-refractivity contribution in [1.29, 1.82) is 0 Å². The Morgan fingerprint density at radius 2 is 1.72 bits per heavy atom. The second-order valence-electron chi connectivity index (χ2n) is 6.91. The van der Waals surface area contributed by atoms with Crippen LogP contribution in [0.15, 0.2) is 29.2 Å². The van der Waals surface area contributed by atoms with Crippen molar-refractivity contribution >= 4 is 21.9 Å². The lowest BCUT2D eigenvalue weighted by molar-refractivity contribution is -0.141. The Bertz CT molecular complexity index is 706. The Balaban J connectivity index is 2.79. The number of nitrogens with one attached hydrogen (secondary N) is 2. The Kier molecular flexibility index (Phi) is 7.13. The third-order valence-corrected chi connectivity index (χ3v) is 5.14. The zero-order chi connectivity index (χ0) is 19.3. The molecule has 0 saturated heterocycles. The van der Waals surface area contributed by atoms with Crippen LogP contribution in [0.4, 0.5) is 0 Å². The molecule has 1 rings (SSSR count). The maximum atomic E-state index is 12.2. The SMILES string of the molecule is CCCC(CNC(=O)c1ccc(S(=O)(=O)NC(C)(C)C)cc1)C(=O)O. The van der Waals surface area contributed by atoms with Gasteiger partial charge in [-0.25, -0.2) is 13.1 Å². The molecule has 140 valence electrons. The zero-order valence-corrected chi connectivity index (χ0v) is 15.8. The fourth-order valence-corrected chi connectivity index (χ4v) is 3.65. The Hall–Kier alpha value is -1.93. The van der Waals surface area contributed by atoms with E-state index in [0.717, 1.165) is 0 Å². The van der Waals surface area contributed by atoms with Crippen LogP contribution < -0.4 is 10.0 Å². The molecule has 0 fully saturated rings. The number of carbonyl (C=O) groups excluding carboxylic acids is 1. The fraction of sp³-hybridized carbons (Fsp3) is 0.529. The normalized spacial score (nSPS) is 13.3. The molecule has 0 aromatic heterocycles. The molecule has 0 heterocycles. The molecule has 8 heteroatoms. The van der Waals surface area contributed by atoms with Gasteiger partial charge in [-0.2, -0.15) is 0 Å². The number of benzene rings is 1. The number of hydrogen-bond acceptors (Lipinski definition) is 4. The van der Waals surface area contributed by atoms with Gasteiger partial charge in [0.15, 0.2) is 0 Å². The largest absolute Gasteiger partial charge is 0.481 e. The summed E-state index contributed by atoms with van der Waals surface area (Å²) in [5.74, 6) is -2.02. The molecule has 25 heavy (non-hydrogen) atoms. The molecule has 0 spiro atoms. The number of aliphatic carboxylic acids is 1. The molecule has 1 aromatic carbocycles. The topological polar surface area (TPSA) is 113 Å². The van der Waals surface area contributed by atoms with Crippen molar-refractivity contribution < 1.29 is 23.1 Å². The van der Waals surface area contributed by atoms with E-state index < -0.39 is 33.4 Å². The molecule has 1 atom stereocenters. The summed E-state index contributed by atoms with van der Waals surface area (Å²) in [6.45, 7) is 7.13. The highest BCUT2D eigenvalue weighted by Gasteiger charge is 2.22. The summed E-state index contributed by atoms with van der Waals surface area (Å²) in [6.07, 6.45) is 1.19. The summed E-state index contributed by atoms with van der Waals surface area (Å²) in [7, 11) is -3.66. The summed E-state index contributed by atoms with van der Waals surface area (Å²) >= 11 is 0.